The maximum absolute atomic E-state index is 13.9. The smallest absolute Gasteiger partial charge is 0.324 e. The lowest BCUT2D eigenvalue weighted by Gasteiger charge is -2.17. The van der Waals surface area contributed by atoms with Gasteiger partial charge >= 0.3 is 6.03 Å². The maximum atomic E-state index is 13.9. The summed E-state index contributed by atoms with van der Waals surface area (Å²) in [4.78, 5) is 25.2. The standard InChI is InChI=1S/C21H28FN3O3S/c22-17-7-6-16(12-18(17)28-14-15-4-5-15)29-24-21(9-10-21)8-2-1-3-11-25-13-19(26)23-20(25)27/h6-7,12,15,24H,1-5,8-11,13-14H2,(H,23,26,27). The lowest BCUT2D eigenvalue weighted by atomic mass is 10.1. The van der Waals surface area contributed by atoms with Crippen molar-refractivity contribution < 1.29 is 18.7 Å². The molecule has 8 heteroatoms. The van der Waals surface area contributed by atoms with E-state index in [1.165, 1.54) is 18.9 Å². The van der Waals surface area contributed by atoms with Crippen LogP contribution in [-0.2, 0) is 4.79 Å². The SMILES string of the molecule is O=C1CN(CCCCCC2(NSc3ccc(F)c(OCC4CC4)c3)CC2)C(=O)N1. The summed E-state index contributed by atoms with van der Waals surface area (Å²) in [6, 6.07) is 4.78. The van der Waals surface area contributed by atoms with Gasteiger partial charge in [-0.15, -0.1) is 0 Å². The van der Waals surface area contributed by atoms with Gasteiger partial charge in [-0.1, -0.05) is 12.8 Å². The van der Waals surface area contributed by atoms with Gasteiger partial charge in [0.25, 0.3) is 0 Å². The highest BCUT2D eigenvalue weighted by Crippen LogP contribution is 2.43. The van der Waals surface area contributed by atoms with Crippen LogP contribution in [0.15, 0.2) is 23.1 Å². The molecule has 1 aliphatic heterocycles. The molecule has 3 amide bonds. The number of imide groups is 1. The van der Waals surface area contributed by atoms with Gasteiger partial charge in [0.05, 0.1) is 6.61 Å². The molecule has 2 aliphatic carbocycles. The summed E-state index contributed by atoms with van der Waals surface area (Å²) in [5, 5.41) is 2.30. The molecule has 2 N–H and O–H groups in total. The fourth-order valence-electron chi connectivity index (χ4n) is 3.48. The number of nitrogens with zero attached hydrogens (tertiary/aromatic N) is 1. The topological polar surface area (TPSA) is 70.7 Å². The molecule has 1 heterocycles. The molecule has 0 unspecified atom stereocenters. The van der Waals surface area contributed by atoms with Crippen molar-refractivity contribution in [2.45, 2.75) is 61.8 Å². The van der Waals surface area contributed by atoms with Crippen molar-refractivity contribution in [2.24, 2.45) is 5.92 Å². The van der Waals surface area contributed by atoms with Crippen LogP contribution in [0.5, 0.6) is 5.75 Å². The Morgan fingerprint density at radius 1 is 1.24 bits per heavy atom. The van der Waals surface area contributed by atoms with Crippen LogP contribution >= 0.6 is 11.9 Å². The Kier molecular flexibility index (Phi) is 6.29. The summed E-state index contributed by atoms with van der Waals surface area (Å²) >= 11 is 1.55. The Morgan fingerprint density at radius 2 is 2.07 bits per heavy atom. The minimum Gasteiger partial charge on any atom is -0.490 e. The quantitative estimate of drug-likeness (QED) is 0.305. The number of rotatable bonds is 12. The van der Waals surface area contributed by atoms with Crippen LogP contribution < -0.4 is 14.8 Å². The second-order valence-electron chi connectivity index (χ2n) is 8.42. The van der Waals surface area contributed by atoms with E-state index >= 15 is 0 Å². The van der Waals surface area contributed by atoms with Gasteiger partial charge in [-0.25, -0.2) is 9.18 Å². The lowest BCUT2D eigenvalue weighted by molar-refractivity contribution is -0.118. The van der Waals surface area contributed by atoms with Crippen LogP contribution in [0.4, 0.5) is 9.18 Å². The van der Waals surface area contributed by atoms with Crippen LogP contribution in [0.1, 0.15) is 51.4 Å². The van der Waals surface area contributed by atoms with E-state index in [-0.39, 0.29) is 29.8 Å². The van der Waals surface area contributed by atoms with Crippen LogP contribution in [-0.4, -0.2) is 42.1 Å². The molecule has 29 heavy (non-hydrogen) atoms. The zero-order valence-corrected chi connectivity index (χ0v) is 17.4. The fourth-order valence-corrected chi connectivity index (χ4v) is 4.42. The summed E-state index contributed by atoms with van der Waals surface area (Å²) in [5.74, 6) is 0.427. The average Bonchev–Trinajstić information content (AvgIpc) is 3.61. The number of hydrogen-bond acceptors (Lipinski definition) is 5. The van der Waals surface area contributed by atoms with Gasteiger partial charge in [0.15, 0.2) is 11.6 Å². The van der Waals surface area contributed by atoms with Crippen molar-refractivity contribution in [2.75, 3.05) is 19.7 Å². The third-order valence-corrected chi connectivity index (χ3v) is 6.79. The first kappa shape index (κ1) is 20.5. The molecule has 1 aromatic carbocycles. The molecular formula is C21H28FN3O3S. The van der Waals surface area contributed by atoms with E-state index in [2.05, 4.69) is 10.0 Å². The third kappa shape index (κ3) is 5.85. The number of unbranched alkanes of at least 4 members (excludes halogenated alkanes) is 2. The second-order valence-corrected chi connectivity index (χ2v) is 9.30. The summed E-state index contributed by atoms with van der Waals surface area (Å²) in [6.45, 7) is 1.42. The molecule has 1 saturated heterocycles. The maximum Gasteiger partial charge on any atom is 0.324 e. The van der Waals surface area contributed by atoms with Gasteiger partial charge in [0.2, 0.25) is 5.91 Å². The Balaban J connectivity index is 1.15. The van der Waals surface area contributed by atoms with Crippen molar-refractivity contribution in [1.29, 1.82) is 0 Å². The minimum absolute atomic E-state index is 0.162. The zero-order valence-electron chi connectivity index (χ0n) is 16.5. The van der Waals surface area contributed by atoms with Crippen LogP contribution in [0.3, 0.4) is 0 Å². The molecule has 158 valence electrons. The van der Waals surface area contributed by atoms with E-state index in [9.17, 15) is 14.0 Å². The number of carbonyl (C=O) groups is 2. The van der Waals surface area contributed by atoms with Crippen molar-refractivity contribution in [1.82, 2.24) is 14.9 Å². The predicted octanol–water partition coefficient (Wildman–Crippen LogP) is 3.86. The molecule has 3 fully saturated rings. The Hall–Kier alpha value is -1.80. The normalized spacial score (nSPS) is 20.1. The summed E-state index contributed by atoms with van der Waals surface area (Å²) in [5.41, 5.74) is 0.162. The number of urea groups is 1. The number of ether oxygens (including phenoxy) is 1. The van der Waals surface area contributed by atoms with Crippen LogP contribution in [0.2, 0.25) is 0 Å². The lowest BCUT2D eigenvalue weighted by Crippen LogP contribution is -2.29. The van der Waals surface area contributed by atoms with Crippen LogP contribution in [0.25, 0.3) is 0 Å². The largest absolute Gasteiger partial charge is 0.490 e. The molecule has 2 saturated carbocycles. The number of amides is 3. The van der Waals surface area contributed by atoms with Crippen molar-refractivity contribution >= 4 is 23.9 Å². The van der Waals surface area contributed by atoms with Crippen molar-refractivity contribution in [3.8, 4) is 5.75 Å². The average molecular weight is 422 g/mol. The molecule has 0 atom stereocenters. The highest BCUT2D eigenvalue weighted by Gasteiger charge is 2.41. The molecule has 0 aromatic heterocycles. The van der Waals surface area contributed by atoms with E-state index in [4.69, 9.17) is 4.74 Å². The van der Waals surface area contributed by atoms with Gasteiger partial charge in [-0.2, -0.15) is 0 Å². The monoisotopic (exact) mass is 421 g/mol. The molecule has 1 aromatic rings. The molecular weight excluding hydrogens is 393 g/mol. The van der Waals surface area contributed by atoms with E-state index < -0.39 is 0 Å². The molecule has 0 bridgehead atoms. The second kappa shape index (κ2) is 8.92. The van der Waals surface area contributed by atoms with Gasteiger partial charge < -0.3 is 9.64 Å². The Bertz CT molecular complexity index is 768. The molecule has 0 spiro atoms. The van der Waals surface area contributed by atoms with Gasteiger partial charge in [-0.3, -0.25) is 14.8 Å². The minimum atomic E-state index is -0.301. The first-order valence-electron chi connectivity index (χ1n) is 10.5. The first-order chi connectivity index (χ1) is 14.0. The van der Waals surface area contributed by atoms with Crippen LogP contribution in [0, 0.1) is 11.7 Å². The summed E-state index contributed by atoms with van der Waals surface area (Å²) < 4.78 is 23.1. The number of nitrogens with one attached hydrogen (secondary N) is 2. The number of hydrogen-bond donors (Lipinski definition) is 2. The summed E-state index contributed by atoms with van der Waals surface area (Å²) in [7, 11) is 0. The predicted molar refractivity (Wildman–Crippen MR) is 109 cm³/mol. The van der Waals surface area contributed by atoms with E-state index in [1.807, 2.05) is 0 Å². The van der Waals surface area contributed by atoms with E-state index in [1.54, 1.807) is 29.0 Å². The fraction of sp³-hybridized carbons (Fsp3) is 0.619. The zero-order chi connectivity index (χ0) is 20.3. The molecule has 3 aliphatic rings. The number of halogens is 1. The molecule has 6 nitrogen and oxygen atoms in total. The number of benzene rings is 1. The number of carbonyl (C=O) groups excluding carboxylic acids is 2. The van der Waals surface area contributed by atoms with Crippen molar-refractivity contribution in [3.05, 3.63) is 24.0 Å². The van der Waals surface area contributed by atoms with Gasteiger partial charge in [-0.05, 0) is 74.6 Å². The highest BCUT2D eigenvalue weighted by atomic mass is 32.2. The molecule has 4 rings (SSSR count). The Labute approximate surface area is 175 Å². The summed E-state index contributed by atoms with van der Waals surface area (Å²) in [6.07, 6.45) is 8.76. The third-order valence-electron chi connectivity index (χ3n) is 5.76. The van der Waals surface area contributed by atoms with Crippen molar-refractivity contribution in [3.63, 3.8) is 0 Å². The van der Waals surface area contributed by atoms with E-state index in [0.717, 1.165) is 43.4 Å². The van der Waals surface area contributed by atoms with Gasteiger partial charge in [0.1, 0.15) is 6.54 Å². The van der Waals surface area contributed by atoms with E-state index in [0.29, 0.717) is 24.8 Å². The van der Waals surface area contributed by atoms with Gasteiger partial charge in [0, 0.05) is 17.0 Å². The highest BCUT2D eigenvalue weighted by molar-refractivity contribution is 7.97. The first-order valence-corrected chi connectivity index (χ1v) is 11.3. The Morgan fingerprint density at radius 3 is 2.76 bits per heavy atom. The molecule has 0 radical (unpaired) electrons.